The van der Waals surface area contributed by atoms with E-state index in [1.54, 1.807) is 0 Å². The number of carbonyl (C=O) groups is 2. The summed E-state index contributed by atoms with van der Waals surface area (Å²) in [6, 6.07) is 34.7. The predicted octanol–water partition coefficient (Wildman–Crippen LogP) is 6.10. The number of imide groups is 1. The highest BCUT2D eigenvalue weighted by atomic mass is 16.2. The molecule has 1 aliphatic heterocycles. The summed E-state index contributed by atoms with van der Waals surface area (Å²) in [5.74, 6) is -1.05. The van der Waals surface area contributed by atoms with Crippen LogP contribution in [0.1, 0.15) is 36.1 Å². The van der Waals surface area contributed by atoms with Crippen molar-refractivity contribution in [3.8, 4) is 11.1 Å². The van der Waals surface area contributed by atoms with Gasteiger partial charge in [0.1, 0.15) is 0 Å². The summed E-state index contributed by atoms with van der Waals surface area (Å²) in [7, 11) is 0. The van der Waals surface area contributed by atoms with Gasteiger partial charge in [-0.1, -0.05) is 105 Å². The van der Waals surface area contributed by atoms with Crippen molar-refractivity contribution in [3.05, 3.63) is 125 Å². The van der Waals surface area contributed by atoms with Crippen LogP contribution in [0.15, 0.2) is 103 Å². The lowest BCUT2D eigenvalue weighted by Gasteiger charge is -2.57. The minimum atomic E-state index is -0.554. The standard InChI is InChI=1S/C32H25NO2/c1-31-23-12-6-8-14-25(23)32(2,26-15-9-7-13-24(26)31)28-27(31)29(34)33(30(28)35)22-18-16-21(17-19-22)20-10-4-3-5-11-20/h3-19,27-28H,1-2H3/t27-,28-,31?,32?/m1/s1. The number of hydrogen-bond donors (Lipinski definition) is 0. The maximum absolute atomic E-state index is 14.2. The lowest BCUT2D eigenvalue weighted by atomic mass is 9.42. The van der Waals surface area contributed by atoms with Crippen molar-refractivity contribution < 1.29 is 9.59 Å². The number of carbonyl (C=O) groups excluding carboxylic acids is 2. The number of benzene rings is 4. The number of anilines is 1. The molecule has 3 aliphatic carbocycles. The second-order valence-electron chi connectivity index (χ2n) is 10.4. The van der Waals surface area contributed by atoms with Crippen LogP contribution in [0.5, 0.6) is 0 Å². The van der Waals surface area contributed by atoms with Gasteiger partial charge in [-0.2, -0.15) is 0 Å². The van der Waals surface area contributed by atoms with Crippen LogP contribution in [0.4, 0.5) is 5.69 Å². The highest BCUT2D eigenvalue weighted by Crippen LogP contribution is 2.66. The van der Waals surface area contributed by atoms with Gasteiger partial charge in [-0.25, -0.2) is 4.90 Å². The Balaban J connectivity index is 1.39. The Morgan fingerprint density at radius 3 is 1.31 bits per heavy atom. The average Bonchev–Trinajstić information content (AvgIpc) is 3.19. The summed E-state index contributed by atoms with van der Waals surface area (Å²) in [6.45, 7) is 4.32. The fourth-order valence-electron chi connectivity index (χ4n) is 7.26. The van der Waals surface area contributed by atoms with Crippen LogP contribution in [0.2, 0.25) is 0 Å². The minimum absolute atomic E-state index is 0.0924. The number of hydrogen-bond acceptors (Lipinski definition) is 2. The fraction of sp³-hybridized carbons (Fsp3) is 0.188. The van der Waals surface area contributed by atoms with Crippen molar-refractivity contribution in [1.82, 2.24) is 0 Å². The Hall–Kier alpha value is -3.98. The van der Waals surface area contributed by atoms with Gasteiger partial charge in [0.05, 0.1) is 17.5 Å². The molecule has 1 saturated heterocycles. The van der Waals surface area contributed by atoms with Crippen molar-refractivity contribution >= 4 is 17.5 Å². The molecule has 2 bridgehead atoms. The molecule has 4 aromatic carbocycles. The van der Waals surface area contributed by atoms with Gasteiger partial charge in [0.25, 0.3) is 0 Å². The van der Waals surface area contributed by atoms with E-state index in [4.69, 9.17) is 0 Å². The van der Waals surface area contributed by atoms with Gasteiger partial charge in [-0.15, -0.1) is 0 Å². The van der Waals surface area contributed by atoms with Crippen molar-refractivity contribution in [3.63, 3.8) is 0 Å². The molecule has 1 fully saturated rings. The number of nitrogens with zero attached hydrogens (tertiary/aromatic N) is 1. The quantitative estimate of drug-likeness (QED) is 0.343. The van der Waals surface area contributed by atoms with E-state index in [1.807, 2.05) is 66.7 Å². The molecule has 0 unspecified atom stereocenters. The van der Waals surface area contributed by atoms with Gasteiger partial charge in [0.2, 0.25) is 11.8 Å². The van der Waals surface area contributed by atoms with E-state index in [2.05, 4.69) is 50.2 Å². The molecular formula is C32H25NO2. The Morgan fingerprint density at radius 2 is 0.886 bits per heavy atom. The monoisotopic (exact) mass is 455 g/mol. The molecule has 0 aromatic heterocycles. The van der Waals surface area contributed by atoms with Crippen molar-refractivity contribution in [2.45, 2.75) is 24.7 Å². The maximum Gasteiger partial charge on any atom is 0.238 e. The third-order valence-corrected chi connectivity index (χ3v) is 8.88. The summed E-state index contributed by atoms with van der Waals surface area (Å²) < 4.78 is 0. The minimum Gasteiger partial charge on any atom is -0.274 e. The Morgan fingerprint density at radius 1 is 0.514 bits per heavy atom. The molecule has 170 valence electrons. The molecule has 2 amide bonds. The third kappa shape index (κ3) is 2.36. The molecule has 0 saturated carbocycles. The zero-order valence-electron chi connectivity index (χ0n) is 19.7. The predicted molar refractivity (Wildman–Crippen MR) is 137 cm³/mol. The second kappa shape index (κ2) is 6.79. The Bertz CT molecular complexity index is 1400. The largest absolute Gasteiger partial charge is 0.274 e. The van der Waals surface area contributed by atoms with Crippen molar-refractivity contribution in [1.29, 1.82) is 0 Å². The zero-order chi connectivity index (χ0) is 23.9. The molecule has 2 atom stereocenters. The van der Waals surface area contributed by atoms with Crippen molar-refractivity contribution in [2.75, 3.05) is 4.90 Å². The lowest BCUT2D eigenvalue weighted by molar-refractivity contribution is -0.124. The van der Waals surface area contributed by atoms with Gasteiger partial charge < -0.3 is 0 Å². The zero-order valence-corrected chi connectivity index (χ0v) is 19.7. The molecule has 4 aromatic rings. The van der Waals surface area contributed by atoms with Gasteiger partial charge >= 0.3 is 0 Å². The summed E-state index contributed by atoms with van der Waals surface area (Å²) >= 11 is 0. The molecule has 1 heterocycles. The normalized spacial score (nSPS) is 28.0. The van der Waals surface area contributed by atoms with Crippen molar-refractivity contribution in [2.24, 2.45) is 11.8 Å². The molecule has 0 radical (unpaired) electrons. The van der Waals surface area contributed by atoms with E-state index in [1.165, 1.54) is 27.2 Å². The van der Waals surface area contributed by atoms with E-state index in [0.29, 0.717) is 5.69 Å². The van der Waals surface area contributed by atoms with Gasteiger partial charge in [0.15, 0.2) is 0 Å². The highest BCUT2D eigenvalue weighted by molar-refractivity contribution is 6.24. The molecule has 4 aliphatic rings. The summed E-state index contributed by atoms with van der Waals surface area (Å²) in [5.41, 5.74) is 6.39. The first-order valence-corrected chi connectivity index (χ1v) is 12.2. The Kier molecular flexibility index (Phi) is 3.96. The van der Waals surface area contributed by atoms with Crippen LogP contribution in [0.25, 0.3) is 11.1 Å². The number of amides is 2. The SMILES string of the molecule is CC12c3ccccc3C(C)(c3ccccc31)[C@H]1C(=O)N(c3ccc(-c4ccccc4)cc3)C(=O)[C@@H]12. The summed E-state index contributed by atoms with van der Waals surface area (Å²) in [6.07, 6.45) is 0. The first kappa shape index (κ1) is 20.4. The first-order valence-electron chi connectivity index (χ1n) is 12.2. The van der Waals surface area contributed by atoms with E-state index in [0.717, 1.165) is 11.1 Å². The van der Waals surface area contributed by atoms with Gasteiger partial charge in [-0.3, -0.25) is 9.59 Å². The fourth-order valence-corrected chi connectivity index (χ4v) is 7.26. The topological polar surface area (TPSA) is 37.4 Å². The van der Waals surface area contributed by atoms with E-state index >= 15 is 0 Å². The lowest BCUT2D eigenvalue weighted by Crippen LogP contribution is -2.59. The van der Waals surface area contributed by atoms with Crippen LogP contribution >= 0.6 is 0 Å². The van der Waals surface area contributed by atoms with E-state index < -0.39 is 22.7 Å². The molecule has 3 heteroatoms. The van der Waals surface area contributed by atoms with Gasteiger partial charge in [0, 0.05) is 10.8 Å². The van der Waals surface area contributed by atoms with Crippen LogP contribution in [0, 0.1) is 11.8 Å². The van der Waals surface area contributed by atoms with Crippen LogP contribution in [-0.2, 0) is 20.4 Å². The number of rotatable bonds is 2. The Labute approximate surface area is 205 Å². The van der Waals surface area contributed by atoms with E-state index in [-0.39, 0.29) is 11.8 Å². The summed E-state index contributed by atoms with van der Waals surface area (Å²) in [5, 5.41) is 0. The highest BCUT2D eigenvalue weighted by Gasteiger charge is 2.70. The first-order chi connectivity index (χ1) is 17.0. The smallest absolute Gasteiger partial charge is 0.238 e. The molecular weight excluding hydrogens is 430 g/mol. The molecule has 0 spiro atoms. The average molecular weight is 456 g/mol. The molecule has 0 N–H and O–H groups in total. The third-order valence-electron chi connectivity index (χ3n) is 8.88. The van der Waals surface area contributed by atoms with E-state index in [9.17, 15) is 9.59 Å². The molecule has 35 heavy (non-hydrogen) atoms. The molecule has 3 nitrogen and oxygen atoms in total. The summed E-state index contributed by atoms with van der Waals surface area (Å²) in [4.78, 5) is 29.8. The van der Waals surface area contributed by atoms with Gasteiger partial charge in [-0.05, 0) is 45.5 Å². The van der Waals surface area contributed by atoms with Crippen LogP contribution in [0.3, 0.4) is 0 Å². The van der Waals surface area contributed by atoms with Crippen LogP contribution < -0.4 is 4.90 Å². The van der Waals surface area contributed by atoms with Crippen LogP contribution in [-0.4, -0.2) is 11.8 Å². The molecule has 8 rings (SSSR count). The second-order valence-corrected chi connectivity index (χ2v) is 10.4. The maximum atomic E-state index is 14.2.